The summed E-state index contributed by atoms with van der Waals surface area (Å²) in [6.07, 6.45) is 0.407. The van der Waals surface area contributed by atoms with Gasteiger partial charge in [-0.05, 0) is 52.9 Å². The standard InChI is InChI=1S/C21H13BrF3N5O/c1-26-15-4-5-16-14(19(15)21(23,24)25)7-17(11-2-3-11)30(16)10-18-28-29-20(31-18)12-6-13(22)9-27-8-12/h4-9,11H,2-3,10H2. The first-order valence-corrected chi connectivity index (χ1v) is 10.2. The van der Waals surface area contributed by atoms with Crippen molar-refractivity contribution in [3.63, 3.8) is 0 Å². The Bertz CT molecular complexity index is 1350. The van der Waals surface area contributed by atoms with Gasteiger partial charge in [0.15, 0.2) is 5.69 Å². The van der Waals surface area contributed by atoms with Crippen molar-refractivity contribution in [2.45, 2.75) is 31.5 Å². The van der Waals surface area contributed by atoms with Crippen LogP contribution in [0.25, 0.3) is 27.2 Å². The second-order valence-electron chi connectivity index (χ2n) is 7.32. The number of halogens is 4. The molecule has 4 aromatic rings. The molecule has 6 nitrogen and oxygen atoms in total. The fraction of sp³-hybridized carbons (Fsp3) is 0.238. The van der Waals surface area contributed by atoms with Gasteiger partial charge in [-0.15, -0.1) is 10.2 Å². The van der Waals surface area contributed by atoms with Crippen LogP contribution in [0.2, 0.25) is 0 Å². The molecule has 0 radical (unpaired) electrons. The van der Waals surface area contributed by atoms with Crippen LogP contribution in [-0.4, -0.2) is 19.7 Å². The zero-order valence-electron chi connectivity index (χ0n) is 15.8. The van der Waals surface area contributed by atoms with Gasteiger partial charge in [-0.25, -0.2) is 4.85 Å². The maximum Gasteiger partial charge on any atom is 0.408 e. The number of pyridine rings is 1. The van der Waals surface area contributed by atoms with E-state index in [0.29, 0.717) is 11.1 Å². The Morgan fingerprint density at radius 1 is 1.19 bits per heavy atom. The van der Waals surface area contributed by atoms with Gasteiger partial charge >= 0.3 is 6.18 Å². The molecule has 5 rings (SSSR count). The van der Waals surface area contributed by atoms with E-state index in [2.05, 4.69) is 36.0 Å². The molecule has 156 valence electrons. The first kappa shape index (κ1) is 19.8. The maximum atomic E-state index is 13.8. The van der Waals surface area contributed by atoms with Gasteiger partial charge in [0.25, 0.3) is 0 Å². The number of rotatable bonds is 4. The Labute approximate surface area is 182 Å². The van der Waals surface area contributed by atoms with Crippen molar-refractivity contribution in [3.8, 4) is 11.5 Å². The van der Waals surface area contributed by atoms with E-state index in [1.54, 1.807) is 35.2 Å². The first-order valence-electron chi connectivity index (χ1n) is 9.39. The van der Waals surface area contributed by atoms with Crippen molar-refractivity contribution < 1.29 is 17.6 Å². The minimum atomic E-state index is -4.63. The number of alkyl halides is 3. The largest absolute Gasteiger partial charge is 0.419 e. The molecule has 1 saturated carbocycles. The Morgan fingerprint density at radius 3 is 2.68 bits per heavy atom. The van der Waals surface area contributed by atoms with Gasteiger partial charge in [-0.1, -0.05) is 6.07 Å². The van der Waals surface area contributed by atoms with Crippen molar-refractivity contribution in [1.29, 1.82) is 0 Å². The highest BCUT2D eigenvalue weighted by atomic mass is 79.9. The lowest BCUT2D eigenvalue weighted by Gasteiger charge is -2.12. The quantitative estimate of drug-likeness (QED) is 0.315. The summed E-state index contributed by atoms with van der Waals surface area (Å²) in [6, 6.07) is 6.11. The second-order valence-corrected chi connectivity index (χ2v) is 8.24. The summed E-state index contributed by atoms with van der Waals surface area (Å²) in [4.78, 5) is 7.16. The Hall–Kier alpha value is -3.19. The molecule has 0 amide bonds. The highest BCUT2D eigenvalue weighted by molar-refractivity contribution is 9.10. The lowest BCUT2D eigenvalue weighted by molar-refractivity contribution is -0.135. The summed E-state index contributed by atoms with van der Waals surface area (Å²) in [7, 11) is 0. The fourth-order valence-electron chi connectivity index (χ4n) is 3.73. The molecule has 1 fully saturated rings. The molecule has 0 spiro atoms. The average molecular weight is 488 g/mol. The summed E-state index contributed by atoms with van der Waals surface area (Å²) in [5.41, 5.74) is 0.514. The summed E-state index contributed by atoms with van der Waals surface area (Å²) in [5, 5.41) is 8.16. The molecule has 1 aromatic carbocycles. The summed E-state index contributed by atoms with van der Waals surface area (Å²) in [6.45, 7) is 7.29. The van der Waals surface area contributed by atoms with Crippen LogP contribution in [-0.2, 0) is 12.7 Å². The van der Waals surface area contributed by atoms with Gasteiger partial charge in [-0.2, -0.15) is 13.2 Å². The number of hydrogen-bond acceptors (Lipinski definition) is 4. The lowest BCUT2D eigenvalue weighted by atomic mass is 10.1. The third-order valence-electron chi connectivity index (χ3n) is 5.21. The van der Waals surface area contributed by atoms with Crippen LogP contribution >= 0.6 is 15.9 Å². The molecular weight excluding hydrogens is 475 g/mol. The molecular formula is C21H13BrF3N5O. The summed E-state index contributed by atoms with van der Waals surface area (Å²) >= 11 is 3.34. The zero-order valence-corrected chi connectivity index (χ0v) is 17.4. The monoisotopic (exact) mass is 487 g/mol. The third kappa shape index (κ3) is 3.59. The van der Waals surface area contributed by atoms with Crippen LogP contribution in [0.15, 0.2) is 45.5 Å². The van der Waals surface area contributed by atoms with E-state index in [1.165, 1.54) is 6.07 Å². The zero-order chi connectivity index (χ0) is 21.8. The van der Waals surface area contributed by atoms with E-state index in [0.717, 1.165) is 23.0 Å². The molecule has 0 unspecified atom stereocenters. The van der Waals surface area contributed by atoms with E-state index in [1.807, 2.05) is 0 Å². The van der Waals surface area contributed by atoms with Crippen molar-refractivity contribution in [2.75, 3.05) is 0 Å². The van der Waals surface area contributed by atoms with Crippen LogP contribution in [0, 0.1) is 6.57 Å². The smallest absolute Gasteiger partial charge is 0.408 e. The van der Waals surface area contributed by atoms with E-state index in [4.69, 9.17) is 11.0 Å². The number of benzene rings is 1. The Kier molecular flexibility index (Phi) is 4.59. The predicted molar refractivity (Wildman–Crippen MR) is 110 cm³/mol. The van der Waals surface area contributed by atoms with Gasteiger partial charge in [0, 0.05) is 33.5 Å². The van der Waals surface area contributed by atoms with Crippen molar-refractivity contribution in [1.82, 2.24) is 19.7 Å². The Balaban J connectivity index is 1.61. The highest BCUT2D eigenvalue weighted by Gasteiger charge is 2.38. The van der Waals surface area contributed by atoms with E-state index >= 15 is 0 Å². The van der Waals surface area contributed by atoms with Crippen molar-refractivity contribution in [2.24, 2.45) is 0 Å². The molecule has 0 aliphatic heterocycles. The van der Waals surface area contributed by atoms with Crippen molar-refractivity contribution in [3.05, 3.63) is 69.7 Å². The molecule has 0 N–H and O–H groups in total. The minimum Gasteiger partial charge on any atom is -0.419 e. The average Bonchev–Trinajstić information content (AvgIpc) is 3.36. The predicted octanol–water partition coefficient (Wildman–Crippen LogP) is 6.34. The van der Waals surface area contributed by atoms with Gasteiger partial charge in [0.2, 0.25) is 11.8 Å². The highest BCUT2D eigenvalue weighted by Crippen LogP contribution is 2.47. The molecule has 31 heavy (non-hydrogen) atoms. The third-order valence-corrected chi connectivity index (χ3v) is 5.64. The molecule has 1 aliphatic rings. The van der Waals surface area contributed by atoms with Crippen LogP contribution in [0.4, 0.5) is 18.9 Å². The van der Waals surface area contributed by atoms with E-state index < -0.39 is 17.4 Å². The molecule has 3 heterocycles. The van der Waals surface area contributed by atoms with Crippen LogP contribution < -0.4 is 0 Å². The Morgan fingerprint density at radius 2 is 2.00 bits per heavy atom. The van der Waals surface area contributed by atoms with Gasteiger partial charge in [0.05, 0.1) is 17.7 Å². The van der Waals surface area contributed by atoms with Crippen molar-refractivity contribution >= 4 is 32.5 Å². The molecule has 0 saturated heterocycles. The normalized spacial score (nSPS) is 14.2. The van der Waals surface area contributed by atoms with Gasteiger partial charge in [0.1, 0.15) is 6.54 Å². The number of hydrogen-bond donors (Lipinski definition) is 0. The molecule has 1 aliphatic carbocycles. The molecule has 3 aromatic heterocycles. The number of aromatic nitrogens is 4. The van der Waals surface area contributed by atoms with Crippen LogP contribution in [0.3, 0.4) is 0 Å². The first-order chi connectivity index (χ1) is 14.8. The lowest BCUT2D eigenvalue weighted by Crippen LogP contribution is -2.07. The minimum absolute atomic E-state index is 0.0267. The second kappa shape index (κ2) is 7.20. The molecule has 0 atom stereocenters. The number of fused-ring (bicyclic) bond motifs is 1. The van der Waals surface area contributed by atoms with Crippen LogP contribution in [0.1, 0.15) is 35.9 Å². The SMILES string of the molecule is [C-]#[N+]c1ccc2c(cc(C3CC3)n2Cc2nnc(-c3cncc(Br)c3)o2)c1C(F)(F)F. The fourth-order valence-corrected chi connectivity index (χ4v) is 4.09. The van der Waals surface area contributed by atoms with Gasteiger partial charge < -0.3 is 8.98 Å². The summed E-state index contributed by atoms with van der Waals surface area (Å²) in [5.74, 6) is 0.734. The van der Waals surface area contributed by atoms with Gasteiger partial charge in [-0.3, -0.25) is 4.98 Å². The molecule has 0 bridgehead atoms. The van der Waals surface area contributed by atoms with E-state index in [9.17, 15) is 13.2 Å². The van der Waals surface area contributed by atoms with Crippen LogP contribution in [0.5, 0.6) is 0 Å². The maximum absolute atomic E-state index is 13.8. The number of nitrogens with zero attached hydrogens (tertiary/aromatic N) is 5. The molecule has 10 heteroatoms. The topological polar surface area (TPSA) is 61.1 Å². The van der Waals surface area contributed by atoms with E-state index in [-0.39, 0.29) is 29.6 Å². The summed E-state index contributed by atoms with van der Waals surface area (Å²) < 4.78 is 49.6.